The van der Waals surface area contributed by atoms with Crippen LogP contribution in [0.15, 0.2) is 24.4 Å². The zero-order valence-electron chi connectivity index (χ0n) is 12.7. The Morgan fingerprint density at radius 2 is 2.09 bits per heavy atom. The number of amides is 2. The third-order valence-corrected chi connectivity index (χ3v) is 2.94. The van der Waals surface area contributed by atoms with E-state index in [0.717, 1.165) is 4.68 Å². The van der Waals surface area contributed by atoms with Crippen molar-refractivity contribution in [3.63, 3.8) is 0 Å². The van der Waals surface area contributed by atoms with E-state index in [1.54, 1.807) is 39.2 Å². The average Bonchev–Trinajstić information content (AvgIpc) is 2.82. The standard InChI is InChI=1S/C14H18N6O2/c1-9-6-12(15)20(18-9)13(21)10-4-5-16-11(7-10)8-17-14(22)19(2)3/h4-7H,8,15H2,1-3H3,(H,17,22). The molecule has 0 aliphatic carbocycles. The van der Waals surface area contributed by atoms with E-state index in [1.807, 2.05) is 0 Å². The second-order valence-electron chi connectivity index (χ2n) is 5.02. The lowest BCUT2D eigenvalue weighted by Crippen LogP contribution is -2.34. The van der Waals surface area contributed by atoms with Crippen LogP contribution in [-0.4, -0.2) is 45.7 Å². The number of anilines is 1. The molecule has 0 atom stereocenters. The van der Waals surface area contributed by atoms with Crippen LogP contribution in [0.3, 0.4) is 0 Å². The van der Waals surface area contributed by atoms with Gasteiger partial charge < -0.3 is 16.0 Å². The average molecular weight is 302 g/mol. The van der Waals surface area contributed by atoms with Crippen molar-refractivity contribution in [3.05, 3.63) is 41.3 Å². The van der Waals surface area contributed by atoms with Gasteiger partial charge in [-0.2, -0.15) is 9.78 Å². The number of carbonyl (C=O) groups is 2. The number of nitrogens with two attached hydrogens (primary N) is 1. The van der Waals surface area contributed by atoms with Gasteiger partial charge in [0.05, 0.1) is 17.9 Å². The molecule has 2 rings (SSSR count). The van der Waals surface area contributed by atoms with Gasteiger partial charge in [0.1, 0.15) is 5.82 Å². The number of hydrogen-bond donors (Lipinski definition) is 2. The highest BCUT2D eigenvalue weighted by Gasteiger charge is 2.14. The molecule has 8 heteroatoms. The first-order valence-electron chi connectivity index (χ1n) is 6.65. The van der Waals surface area contributed by atoms with Gasteiger partial charge in [0.25, 0.3) is 5.91 Å². The van der Waals surface area contributed by atoms with Crippen LogP contribution >= 0.6 is 0 Å². The minimum atomic E-state index is -0.340. The first-order chi connectivity index (χ1) is 10.4. The molecule has 0 radical (unpaired) electrons. The lowest BCUT2D eigenvalue weighted by molar-refractivity contribution is 0.0947. The number of aryl methyl sites for hydroxylation is 1. The Hall–Kier alpha value is -2.90. The van der Waals surface area contributed by atoms with Gasteiger partial charge in [0, 0.05) is 31.9 Å². The van der Waals surface area contributed by atoms with Gasteiger partial charge in [-0.05, 0) is 19.1 Å². The molecule has 2 amide bonds. The Morgan fingerprint density at radius 1 is 1.36 bits per heavy atom. The first kappa shape index (κ1) is 15.5. The third-order valence-electron chi connectivity index (χ3n) is 2.94. The van der Waals surface area contributed by atoms with E-state index in [4.69, 9.17) is 5.73 Å². The molecule has 0 fully saturated rings. The lowest BCUT2D eigenvalue weighted by atomic mass is 10.2. The summed E-state index contributed by atoms with van der Waals surface area (Å²) in [6.45, 7) is 1.99. The number of nitrogens with zero attached hydrogens (tertiary/aromatic N) is 4. The van der Waals surface area contributed by atoms with Gasteiger partial charge in [-0.15, -0.1) is 0 Å². The van der Waals surface area contributed by atoms with Crippen molar-refractivity contribution in [1.82, 2.24) is 25.0 Å². The number of pyridine rings is 1. The number of nitrogen functional groups attached to an aromatic ring is 1. The molecule has 0 aliphatic heterocycles. The molecule has 2 heterocycles. The monoisotopic (exact) mass is 302 g/mol. The van der Waals surface area contributed by atoms with E-state index >= 15 is 0 Å². The molecule has 116 valence electrons. The summed E-state index contributed by atoms with van der Waals surface area (Å²) < 4.78 is 1.15. The minimum absolute atomic E-state index is 0.228. The Balaban J connectivity index is 2.16. The molecule has 2 aromatic rings. The van der Waals surface area contributed by atoms with Crippen molar-refractivity contribution in [2.75, 3.05) is 19.8 Å². The van der Waals surface area contributed by atoms with E-state index in [-0.39, 0.29) is 24.3 Å². The molecule has 2 aromatic heterocycles. The topological polar surface area (TPSA) is 106 Å². The zero-order chi connectivity index (χ0) is 16.3. The van der Waals surface area contributed by atoms with E-state index in [2.05, 4.69) is 15.4 Å². The van der Waals surface area contributed by atoms with Crippen LogP contribution in [0.1, 0.15) is 21.7 Å². The fourth-order valence-corrected chi connectivity index (χ4v) is 1.84. The van der Waals surface area contributed by atoms with Crippen molar-refractivity contribution in [2.24, 2.45) is 0 Å². The van der Waals surface area contributed by atoms with Crippen LogP contribution in [0.4, 0.5) is 10.6 Å². The van der Waals surface area contributed by atoms with Crippen molar-refractivity contribution >= 4 is 17.8 Å². The Bertz CT molecular complexity index is 707. The quantitative estimate of drug-likeness (QED) is 0.865. The SMILES string of the molecule is Cc1cc(N)n(C(=O)c2ccnc(CNC(=O)N(C)C)c2)n1. The summed E-state index contributed by atoms with van der Waals surface area (Å²) in [6, 6.07) is 4.58. The van der Waals surface area contributed by atoms with E-state index in [1.165, 1.54) is 11.1 Å². The van der Waals surface area contributed by atoms with E-state index in [0.29, 0.717) is 17.0 Å². The maximum atomic E-state index is 12.4. The maximum absolute atomic E-state index is 12.4. The second kappa shape index (κ2) is 6.25. The largest absolute Gasteiger partial charge is 0.383 e. The van der Waals surface area contributed by atoms with E-state index < -0.39 is 0 Å². The summed E-state index contributed by atoms with van der Waals surface area (Å²) in [7, 11) is 3.29. The molecular formula is C14H18N6O2. The number of hydrogen-bond acceptors (Lipinski definition) is 5. The molecule has 0 bridgehead atoms. The number of urea groups is 1. The summed E-state index contributed by atoms with van der Waals surface area (Å²) in [5.41, 5.74) is 7.39. The molecule has 0 spiro atoms. The fourth-order valence-electron chi connectivity index (χ4n) is 1.84. The van der Waals surface area contributed by atoms with Gasteiger partial charge in [-0.25, -0.2) is 4.79 Å². The summed E-state index contributed by atoms with van der Waals surface area (Å²) in [5, 5.41) is 6.74. The summed E-state index contributed by atoms with van der Waals surface area (Å²) in [6.07, 6.45) is 1.51. The molecule has 0 aromatic carbocycles. The van der Waals surface area contributed by atoms with Crippen LogP contribution in [0, 0.1) is 6.92 Å². The minimum Gasteiger partial charge on any atom is -0.383 e. The summed E-state index contributed by atoms with van der Waals surface area (Å²) in [5.74, 6) is -0.0602. The highest BCUT2D eigenvalue weighted by Crippen LogP contribution is 2.10. The van der Waals surface area contributed by atoms with Crippen LogP contribution < -0.4 is 11.1 Å². The zero-order valence-corrected chi connectivity index (χ0v) is 12.7. The molecule has 3 N–H and O–H groups in total. The van der Waals surface area contributed by atoms with Crippen molar-refractivity contribution in [2.45, 2.75) is 13.5 Å². The van der Waals surface area contributed by atoms with Crippen LogP contribution in [-0.2, 0) is 6.54 Å². The van der Waals surface area contributed by atoms with Gasteiger partial charge in [0.15, 0.2) is 0 Å². The molecule has 22 heavy (non-hydrogen) atoms. The summed E-state index contributed by atoms with van der Waals surface area (Å²) in [4.78, 5) is 29.4. The third kappa shape index (κ3) is 3.40. The van der Waals surface area contributed by atoms with Crippen LogP contribution in [0.2, 0.25) is 0 Å². The van der Waals surface area contributed by atoms with E-state index in [9.17, 15) is 9.59 Å². The predicted octanol–water partition coefficient (Wildman–Crippen LogP) is 0.628. The predicted molar refractivity (Wildman–Crippen MR) is 81.3 cm³/mol. The van der Waals surface area contributed by atoms with Crippen LogP contribution in [0.25, 0.3) is 0 Å². The Morgan fingerprint density at radius 3 is 2.68 bits per heavy atom. The molecule has 0 saturated carbocycles. The van der Waals surface area contributed by atoms with Gasteiger partial charge >= 0.3 is 6.03 Å². The van der Waals surface area contributed by atoms with Crippen LogP contribution in [0.5, 0.6) is 0 Å². The molecule has 0 saturated heterocycles. The fraction of sp³-hybridized carbons (Fsp3) is 0.286. The van der Waals surface area contributed by atoms with Gasteiger partial charge in [0.2, 0.25) is 0 Å². The number of carbonyl (C=O) groups excluding carboxylic acids is 2. The molecule has 0 aliphatic rings. The highest BCUT2D eigenvalue weighted by atomic mass is 16.2. The van der Waals surface area contributed by atoms with Gasteiger partial charge in [-0.3, -0.25) is 9.78 Å². The maximum Gasteiger partial charge on any atom is 0.317 e. The highest BCUT2D eigenvalue weighted by molar-refractivity contribution is 5.97. The van der Waals surface area contributed by atoms with Gasteiger partial charge in [-0.1, -0.05) is 0 Å². The molecule has 8 nitrogen and oxygen atoms in total. The number of nitrogens with one attached hydrogen (secondary N) is 1. The van der Waals surface area contributed by atoms with Crippen molar-refractivity contribution in [3.8, 4) is 0 Å². The second-order valence-corrected chi connectivity index (χ2v) is 5.02. The molecular weight excluding hydrogens is 284 g/mol. The lowest BCUT2D eigenvalue weighted by Gasteiger charge is -2.11. The first-order valence-corrected chi connectivity index (χ1v) is 6.65. The summed E-state index contributed by atoms with van der Waals surface area (Å²) >= 11 is 0. The van der Waals surface area contributed by atoms with Crippen molar-refractivity contribution < 1.29 is 9.59 Å². The number of rotatable bonds is 3. The number of aromatic nitrogens is 3. The van der Waals surface area contributed by atoms with Crippen molar-refractivity contribution in [1.29, 1.82) is 0 Å². The Kier molecular flexibility index (Phi) is 4.40. The molecule has 0 unspecified atom stereocenters. The smallest absolute Gasteiger partial charge is 0.317 e. The normalized spacial score (nSPS) is 10.3. The Labute approximate surface area is 127 Å².